The molecule has 1 aromatic carbocycles. The fourth-order valence-electron chi connectivity index (χ4n) is 3.23. The molecule has 1 aromatic rings. The number of benzene rings is 1. The van der Waals surface area contributed by atoms with Crippen LogP contribution in [0.1, 0.15) is 38.3 Å². The van der Waals surface area contributed by atoms with Gasteiger partial charge in [-0.05, 0) is 19.9 Å². The molecule has 2 heterocycles. The highest BCUT2D eigenvalue weighted by Gasteiger charge is 2.45. The third-order valence-corrected chi connectivity index (χ3v) is 4.31. The van der Waals surface area contributed by atoms with Crippen LogP contribution in [-0.2, 0) is 0 Å². The van der Waals surface area contributed by atoms with E-state index in [2.05, 4.69) is 24.8 Å². The number of nitrogens with two attached hydrogens (primary N) is 1. The monoisotopic (exact) mass is 246 g/mol. The van der Waals surface area contributed by atoms with Gasteiger partial charge in [-0.2, -0.15) is 0 Å². The summed E-state index contributed by atoms with van der Waals surface area (Å²) in [5.74, 6) is 0.988. The Morgan fingerprint density at radius 2 is 2.17 bits per heavy atom. The van der Waals surface area contributed by atoms with Crippen molar-refractivity contribution in [3.8, 4) is 5.75 Å². The molecule has 0 aliphatic carbocycles. The van der Waals surface area contributed by atoms with Gasteiger partial charge in [0.25, 0.3) is 0 Å². The maximum Gasteiger partial charge on any atom is 0.125 e. The van der Waals surface area contributed by atoms with Gasteiger partial charge in [0.2, 0.25) is 0 Å². The van der Waals surface area contributed by atoms with Crippen LogP contribution in [-0.4, -0.2) is 29.6 Å². The number of ether oxygens (including phenoxy) is 1. The first kappa shape index (κ1) is 12.0. The molecule has 1 spiro atoms. The van der Waals surface area contributed by atoms with E-state index >= 15 is 0 Å². The van der Waals surface area contributed by atoms with Crippen molar-refractivity contribution in [2.45, 2.75) is 44.4 Å². The van der Waals surface area contributed by atoms with Gasteiger partial charge in [0.05, 0.1) is 0 Å². The highest BCUT2D eigenvalue weighted by Crippen LogP contribution is 2.42. The molecule has 0 saturated carbocycles. The Morgan fingerprint density at radius 1 is 1.39 bits per heavy atom. The third-order valence-electron chi connectivity index (χ3n) is 4.31. The minimum Gasteiger partial charge on any atom is -0.485 e. The van der Waals surface area contributed by atoms with Gasteiger partial charge in [-0.25, -0.2) is 0 Å². The Balaban J connectivity index is 1.86. The Morgan fingerprint density at radius 3 is 2.89 bits per heavy atom. The SMILES string of the molecule is CC(C)N1CCC2(CC(N)c3ccccc3O2)C1. The molecular weight excluding hydrogens is 224 g/mol. The fourth-order valence-corrected chi connectivity index (χ4v) is 3.23. The molecule has 3 rings (SSSR count). The number of fused-ring (bicyclic) bond motifs is 1. The summed E-state index contributed by atoms with van der Waals surface area (Å²) in [5, 5.41) is 0. The highest BCUT2D eigenvalue weighted by atomic mass is 16.5. The van der Waals surface area contributed by atoms with Crippen molar-refractivity contribution < 1.29 is 4.74 Å². The Kier molecular flexibility index (Phi) is 2.83. The minimum absolute atomic E-state index is 0.0575. The van der Waals surface area contributed by atoms with E-state index in [1.54, 1.807) is 0 Å². The van der Waals surface area contributed by atoms with E-state index in [0.717, 1.165) is 37.2 Å². The lowest BCUT2D eigenvalue weighted by atomic mass is 9.87. The molecule has 2 N–H and O–H groups in total. The number of hydrogen-bond donors (Lipinski definition) is 1. The van der Waals surface area contributed by atoms with Crippen LogP contribution in [0, 0.1) is 0 Å². The van der Waals surface area contributed by atoms with Crippen LogP contribution in [0.3, 0.4) is 0 Å². The largest absolute Gasteiger partial charge is 0.485 e. The van der Waals surface area contributed by atoms with E-state index in [1.165, 1.54) is 0 Å². The molecule has 3 nitrogen and oxygen atoms in total. The number of likely N-dealkylation sites (tertiary alicyclic amines) is 1. The first-order chi connectivity index (χ1) is 8.60. The summed E-state index contributed by atoms with van der Waals surface area (Å²) < 4.78 is 6.31. The van der Waals surface area contributed by atoms with Crippen LogP contribution in [0.15, 0.2) is 24.3 Å². The van der Waals surface area contributed by atoms with Crippen molar-refractivity contribution in [3.05, 3.63) is 29.8 Å². The summed E-state index contributed by atoms with van der Waals surface area (Å²) in [6, 6.07) is 8.90. The summed E-state index contributed by atoms with van der Waals surface area (Å²) in [6.45, 7) is 6.62. The smallest absolute Gasteiger partial charge is 0.125 e. The molecule has 1 fully saturated rings. The van der Waals surface area contributed by atoms with Crippen molar-refractivity contribution in [1.29, 1.82) is 0 Å². The van der Waals surface area contributed by atoms with E-state index in [0.29, 0.717) is 6.04 Å². The van der Waals surface area contributed by atoms with Crippen LogP contribution in [0.2, 0.25) is 0 Å². The minimum atomic E-state index is -0.0575. The topological polar surface area (TPSA) is 38.5 Å². The van der Waals surface area contributed by atoms with Gasteiger partial charge in [-0.3, -0.25) is 4.90 Å². The summed E-state index contributed by atoms with van der Waals surface area (Å²) >= 11 is 0. The average Bonchev–Trinajstić information content (AvgIpc) is 2.73. The summed E-state index contributed by atoms with van der Waals surface area (Å²) in [7, 11) is 0. The Bertz CT molecular complexity index is 446. The summed E-state index contributed by atoms with van der Waals surface area (Å²) in [5.41, 5.74) is 7.42. The molecule has 2 unspecified atom stereocenters. The summed E-state index contributed by atoms with van der Waals surface area (Å²) in [4.78, 5) is 2.49. The van der Waals surface area contributed by atoms with E-state index in [9.17, 15) is 0 Å². The molecule has 0 radical (unpaired) electrons. The first-order valence-electron chi connectivity index (χ1n) is 6.87. The van der Waals surface area contributed by atoms with Crippen LogP contribution in [0.25, 0.3) is 0 Å². The molecule has 18 heavy (non-hydrogen) atoms. The van der Waals surface area contributed by atoms with Gasteiger partial charge < -0.3 is 10.5 Å². The van der Waals surface area contributed by atoms with E-state index in [4.69, 9.17) is 10.5 Å². The maximum absolute atomic E-state index is 6.32. The Labute approximate surface area is 109 Å². The quantitative estimate of drug-likeness (QED) is 0.826. The van der Waals surface area contributed by atoms with Crippen LogP contribution in [0.5, 0.6) is 5.75 Å². The molecule has 98 valence electrons. The van der Waals surface area contributed by atoms with Gasteiger partial charge in [-0.1, -0.05) is 18.2 Å². The number of hydrogen-bond acceptors (Lipinski definition) is 3. The van der Waals surface area contributed by atoms with Crippen LogP contribution >= 0.6 is 0 Å². The summed E-state index contributed by atoms with van der Waals surface area (Å²) in [6.07, 6.45) is 2.03. The lowest BCUT2D eigenvalue weighted by molar-refractivity contribution is 0.0409. The second-order valence-corrected chi connectivity index (χ2v) is 5.95. The average molecular weight is 246 g/mol. The standard InChI is InChI=1S/C15H22N2O/c1-11(2)17-8-7-15(10-17)9-13(16)12-5-3-4-6-14(12)18-15/h3-6,11,13H,7-10,16H2,1-2H3. The predicted molar refractivity (Wildman–Crippen MR) is 72.7 cm³/mol. The van der Waals surface area contributed by atoms with E-state index in [1.807, 2.05) is 18.2 Å². The second-order valence-electron chi connectivity index (χ2n) is 5.95. The molecule has 2 aliphatic rings. The van der Waals surface area contributed by atoms with Crippen molar-refractivity contribution in [2.24, 2.45) is 5.73 Å². The predicted octanol–water partition coefficient (Wildman–Crippen LogP) is 2.32. The normalized spacial score (nSPS) is 31.7. The third kappa shape index (κ3) is 1.91. The second kappa shape index (κ2) is 4.25. The molecule has 0 aromatic heterocycles. The molecule has 0 bridgehead atoms. The molecular formula is C15H22N2O. The molecule has 2 aliphatic heterocycles. The zero-order valence-corrected chi connectivity index (χ0v) is 11.2. The lowest BCUT2D eigenvalue weighted by Crippen LogP contribution is -2.46. The van der Waals surface area contributed by atoms with Gasteiger partial charge in [0, 0.05) is 43.6 Å². The first-order valence-corrected chi connectivity index (χ1v) is 6.87. The van der Waals surface area contributed by atoms with Gasteiger partial charge in [0.15, 0.2) is 0 Å². The van der Waals surface area contributed by atoms with Crippen molar-refractivity contribution in [2.75, 3.05) is 13.1 Å². The number of rotatable bonds is 1. The van der Waals surface area contributed by atoms with Crippen molar-refractivity contribution in [1.82, 2.24) is 4.90 Å². The van der Waals surface area contributed by atoms with E-state index in [-0.39, 0.29) is 11.6 Å². The lowest BCUT2D eigenvalue weighted by Gasteiger charge is -2.39. The molecule has 1 saturated heterocycles. The number of para-hydroxylation sites is 1. The van der Waals surface area contributed by atoms with Gasteiger partial charge in [-0.15, -0.1) is 0 Å². The zero-order valence-electron chi connectivity index (χ0n) is 11.2. The molecule has 3 heteroatoms. The van der Waals surface area contributed by atoms with Gasteiger partial charge in [0.1, 0.15) is 11.4 Å². The van der Waals surface area contributed by atoms with Crippen molar-refractivity contribution in [3.63, 3.8) is 0 Å². The number of nitrogens with zero attached hydrogens (tertiary/aromatic N) is 1. The molecule has 2 atom stereocenters. The highest BCUT2D eigenvalue weighted by molar-refractivity contribution is 5.39. The van der Waals surface area contributed by atoms with Crippen LogP contribution in [0.4, 0.5) is 0 Å². The Hall–Kier alpha value is -1.06. The maximum atomic E-state index is 6.32. The zero-order chi connectivity index (χ0) is 12.8. The fraction of sp³-hybridized carbons (Fsp3) is 0.600. The molecule has 0 amide bonds. The van der Waals surface area contributed by atoms with Crippen molar-refractivity contribution >= 4 is 0 Å². The van der Waals surface area contributed by atoms with Crippen LogP contribution < -0.4 is 10.5 Å². The van der Waals surface area contributed by atoms with E-state index < -0.39 is 0 Å². The van der Waals surface area contributed by atoms with Gasteiger partial charge >= 0.3 is 0 Å².